The van der Waals surface area contributed by atoms with E-state index in [1.165, 1.54) is 18.3 Å². The summed E-state index contributed by atoms with van der Waals surface area (Å²) in [6.45, 7) is 2.10. The predicted molar refractivity (Wildman–Crippen MR) is 199 cm³/mol. The average molecular weight is 717 g/mol. The fourth-order valence-corrected chi connectivity index (χ4v) is 6.85. The molecule has 0 unspecified atom stereocenters. The summed E-state index contributed by atoms with van der Waals surface area (Å²) in [4.78, 5) is 53.2. The van der Waals surface area contributed by atoms with E-state index in [2.05, 4.69) is 14.9 Å². The molecule has 1 aromatic heterocycles. The number of methoxy groups -OCH3 is 1. The lowest BCUT2D eigenvalue weighted by Crippen LogP contribution is -2.51. The predicted octanol–water partition coefficient (Wildman–Crippen LogP) is 6.32. The highest BCUT2D eigenvalue weighted by Gasteiger charge is 2.36. The first-order valence-electron chi connectivity index (χ1n) is 17.2. The van der Waals surface area contributed by atoms with Crippen molar-refractivity contribution in [1.82, 2.24) is 9.47 Å². The summed E-state index contributed by atoms with van der Waals surface area (Å²) in [5, 5.41) is 9.61. The maximum atomic E-state index is 15.6. The van der Waals surface area contributed by atoms with E-state index in [0.29, 0.717) is 60.0 Å². The van der Waals surface area contributed by atoms with Crippen molar-refractivity contribution in [1.29, 1.82) is 0 Å². The molecule has 1 saturated heterocycles. The van der Waals surface area contributed by atoms with E-state index in [1.54, 1.807) is 59.2 Å². The molecule has 0 radical (unpaired) electrons. The summed E-state index contributed by atoms with van der Waals surface area (Å²) in [6.07, 6.45) is 4.82. The number of hydrogen-bond donors (Lipinski definition) is 1. The Labute approximate surface area is 302 Å². The number of carboxylic acids is 1. The molecule has 0 atom stereocenters. The molecule has 3 aliphatic rings. The van der Waals surface area contributed by atoms with Gasteiger partial charge in [-0.3, -0.25) is 24.4 Å². The number of benzene rings is 4. The second-order valence-corrected chi connectivity index (χ2v) is 13.3. The first-order valence-corrected chi connectivity index (χ1v) is 17.2. The summed E-state index contributed by atoms with van der Waals surface area (Å²) in [7, 11) is 1.61. The molecule has 11 nitrogen and oxygen atoms in total. The van der Waals surface area contributed by atoms with Crippen molar-refractivity contribution in [3.8, 4) is 5.75 Å². The van der Waals surface area contributed by atoms with Crippen molar-refractivity contribution in [2.75, 3.05) is 49.8 Å². The zero-order chi connectivity index (χ0) is 36.8. The third-order valence-electron chi connectivity index (χ3n) is 9.85. The zero-order valence-corrected chi connectivity index (χ0v) is 28.7. The van der Waals surface area contributed by atoms with Crippen molar-refractivity contribution < 1.29 is 28.2 Å². The largest absolute Gasteiger partial charge is 0.497 e. The highest BCUT2D eigenvalue weighted by Crippen LogP contribution is 2.38. The Hall–Kier alpha value is -6.21. The van der Waals surface area contributed by atoms with Gasteiger partial charge in [-0.05, 0) is 97.3 Å². The molecule has 8 rings (SSSR count). The number of carbonyl (C=O) groups excluding carboxylic acids is 1. The van der Waals surface area contributed by atoms with E-state index in [0.717, 1.165) is 30.2 Å². The quantitative estimate of drug-likeness (QED) is 0.177. The van der Waals surface area contributed by atoms with Crippen molar-refractivity contribution in [3.05, 3.63) is 124 Å². The lowest BCUT2D eigenvalue weighted by molar-refractivity contribution is -0.112. The number of hydrogen-bond acceptors (Lipinski definition) is 8. The smallest absolute Gasteiger partial charge is 0.341 e. The van der Waals surface area contributed by atoms with Gasteiger partial charge in [-0.1, -0.05) is 0 Å². The van der Waals surface area contributed by atoms with Crippen LogP contribution in [-0.2, 0) is 4.79 Å². The number of amides is 1. The number of anilines is 2. The van der Waals surface area contributed by atoms with Crippen LogP contribution in [0.5, 0.6) is 5.75 Å². The second kappa shape index (κ2) is 13.7. The summed E-state index contributed by atoms with van der Waals surface area (Å²) < 4.78 is 37.0. The van der Waals surface area contributed by atoms with Crippen molar-refractivity contribution in [3.63, 3.8) is 0 Å². The molecular weight excluding hydrogens is 682 g/mol. The van der Waals surface area contributed by atoms with E-state index in [4.69, 9.17) is 4.74 Å². The van der Waals surface area contributed by atoms with Gasteiger partial charge >= 0.3 is 5.97 Å². The third-order valence-corrected chi connectivity index (χ3v) is 9.85. The molecule has 53 heavy (non-hydrogen) atoms. The number of fused-ring (bicyclic) bond motifs is 2. The number of nitrogens with zero attached hydrogens (tertiary/aromatic N) is 6. The molecule has 1 saturated carbocycles. The van der Waals surface area contributed by atoms with E-state index in [1.807, 2.05) is 29.2 Å². The highest BCUT2D eigenvalue weighted by molar-refractivity contribution is 6.54. The minimum absolute atomic E-state index is 0.0472. The van der Waals surface area contributed by atoms with Gasteiger partial charge in [-0.15, -0.1) is 0 Å². The van der Waals surface area contributed by atoms with Crippen LogP contribution in [0.25, 0.3) is 10.9 Å². The maximum Gasteiger partial charge on any atom is 0.341 e. The molecule has 4 aromatic carbocycles. The van der Waals surface area contributed by atoms with Gasteiger partial charge in [0.05, 0.1) is 42.0 Å². The molecule has 5 aromatic rings. The number of aliphatic imine (C=N–C) groups is 2. The average Bonchev–Trinajstić information content (AvgIpc) is 3.98. The molecule has 0 bridgehead atoms. The van der Waals surface area contributed by atoms with Gasteiger partial charge in [0.2, 0.25) is 5.43 Å². The van der Waals surface area contributed by atoms with Crippen molar-refractivity contribution in [2.45, 2.75) is 18.9 Å². The van der Waals surface area contributed by atoms with Crippen LogP contribution in [0.3, 0.4) is 0 Å². The second-order valence-electron chi connectivity index (χ2n) is 13.3. The summed E-state index contributed by atoms with van der Waals surface area (Å²) in [5.74, 6) is -2.01. The van der Waals surface area contributed by atoms with Gasteiger partial charge in [0.1, 0.15) is 28.7 Å². The number of aromatic nitrogens is 1. The topological polar surface area (TPSA) is 120 Å². The van der Waals surface area contributed by atoms with Crippen molar-refractivity contribution in [2.24, 2.45) is 9.98 Å². The lowest BCUT2D eigenvalue weighted by Gasteiger charge is -2.38. The fraction of sp³-hybridized carbons (Fsp3) is 0.225. The van der Waals surface area contributed by atoms with Gasteiger partial charge in [-0.25, -0.2) is 18.6 Å². The van der Waals surface area contributed by atoms with Gasteiger partial charge in [0.15, 0.2) is 0 Å². The molecule has 0 spiro atoms. The van der Waals surface area contributed by atoms with Crippen LogP contribution in [0.15, 0.2) is 99.8 Å². The Morgan fingerprint density at radius 3 is 2.30 bits per heavy atom. The molecule has 268 valence electrons. The van der Waals surface area contributed by atoms with Crippen LogP contribution in [0.1, 0.15) is 40.4 Å². The van der Waals surface area contributed by atoms with Gasteiger partial charge in [0, 0.05) is 55.6 Å². The van der Waals surface area contributed by atoms with E-state index < -0.39 is 23.0 Å². The first kappa shape index (κ1) is 33.9. The van der Waals surface area contributed by atoms with Gasteiger partial charge in [0.25, 0.3) is 5.91 Å². The van der Waals surface area contributed by atoms with E-state index in [-0.39, 0.29) is 35.3 Å². The molecule has 1 amide bonds. The summed E-state index contributed by atoms with van der Waals surface area (Å²) >= 11 is 0. The Balaban J connectivity index is 0.978. The summed E-state index contributed by atoms with van der Waals surface area (Å²) in [6, 6.07) is 21.7. The van der Waals surface area contributed by atoms with Crippen LogP contribution in [0.4, 0.5) is 31.5 Å². The standard InChI is InChI=1S/C40H34F2N6O5/c1-53-29-11-2-24(3-12-29)21-43-26-5-7-27(8-6-26)44-37-30-18-25(41)4-13-34(30)48(39(37)50)23-45-14-16-46(17-15-45)36-20-35-31(19-33(36)42)38(49)32(40(51)52)22-47(35)28-9-10-28/h2-8,11-13,18-22,28H,9-10,14-17,23H2,1H3,(H,51,52). The molecule has 3 heterocycles. The molecule has 2 fully saturated rings. The minimum Gasteiger partial charge on any atom is -0.497 e. The van der Waals surface area contributed by atoms with Crippen LogP contribution < -0.4 is 20.0 Å². The lowest BCUT2D eigenvalue weighted by atomic mass is 10.1. The molecule has 1 N–H and O–H groups in total. The number of carboxylic acid groups (broad SMARTS) is 1. The van der Waals surface area contributed by atoms with Crippen LogP contribution in [0.2, 0.25) is 0 Å². The molecule has 13 heteroatoms. The molecule has 1 aliphatic carbocycles. The highest BCUT2D eigenvalue weighted by atomic mass is 19.1. The number of pyridine rings is 1. The number of rotatable bonds is 9. The molecular formula is C40H34F2N6O5. The number of halogens is 2. The van der Waals surface area contributed by atoms with Crippen LogP contribution >= 0.6 is 0 Å². The van der Waals surface area contributed by atoms with E-state index >= 15 is 4.39 Å². The SMILES string of the molecule is COc1ccc(C=Nc2ccc(N=C3C(=O)N(CN4CCN(c5cc6c(cc5F)c(=O)c(C(=O)O)cn6C5CC5)CC4)c4ccc(F)cc43)cc2)cc1. The zero-order valence-electron chi connectivity index (χ0n) is 28.7. The minimum atomic E-state index is -1.34. The summed E-state index contributed by atoms with van der Waals surface area (Å²) in [5.41, 5.74) is 2.99. The van der Waals surface area contributed by atoms with Crippen LogP contribution in [0, 0.1) is 11.6 Å². The van der Waals surface area contributed by atoms with Crippen molar-refractivity contribution >= 4 is 57.5 Å². The van der Waals surface area contributed by atoms with Gasteiger partial charge in [-0.2, -0.15) is 0 Å². The number of ether oxygens (including phenoxy) is 1. The Kier molecular flexibility index (Phi) is 8.79. The molecule has 2 aliphatic heterocycles. The maximum absolute atomic E-state index is 15.6. The number of aromatic carboxylic acids is 1. The number of carbonyl (C=O) groups is 2. The van der Waals surface area contributed by atoms with Crippen LogP contribution in [-0.4, -0.2) is 78.3 Å². The number of piperazine rings is 1. The Morgan fingerprint density at radius 2 is 1.62 bits per heavy atom. The first-order chi connectivity index (χ1) is 25.7. The normalized spacial score (nSPS) is 17.0. The van der Waals surface area contributed by atoms with Gasteiger partial charge < -0.3 is 19.3 Å². The monoisotopic (exact) mass is 716 g/mol. The van der Waals surface area contributed by atoms with E-state index in [9.17, 15) is 23.9 Å². The fourth-order valence-electron chi connectivity index (χ4n) is 6.85. The Morgan fingerprint density at radius 1 is 0.906 bits per heavy atom. The Bertz CT molecular complexity index is 2380. The third kappa shape index (κ3) is 6.66.